The number of carbonyl (C=O) groups is 5. The van der Waals surface area contributed by atoms with Crippen molar-refractivity contribution in [2.45, 2.75) is 222 Å². The Hall–Kier alpha value is -6.59. The number of hydrogen-bond donors (Lipinski definition) is 0. The van der Waals surface area contributed by atoms with Gasteiger partial charge in [-0.25, -0.2) is 9.59 Å². The zero-order chi connectivity index (χ0) is 66.0. The Balaban J connectivity index is 0.000000746. The standard InChI is InChI=1S/C27H40F3N3O5S.C27H37F3N2O4S.3CO2/c1-9-26(8,10-2)39-22-15-20(27(28,29)30)19(14-21(22)33(36)37)23(34)32(17(3)4)18-12-11-13-31(16-18)24(35)38-25(5,6)7;1-8-26(7)22(33)13-17-12-19(20(27(28,29)30)14-21(17)37-26)23(34)32(16(2)3)18-10-9-11-31(15-18)24(35)36-25(4,5)6;3*2-1-3/h14-15,17-18H,9-13,16H2,1-8H3;12,14,16,18H,8-11,13,15H2,1-7H3;;;/t18-;18-,26?;;;/m11.../s1. The number of nitro benzene ring substituents is 1. The van der Waals surface area contributed by atoms with E-state index in [0.717, 1.165) is 41.7 Å². The number of ketones is 1. The highest BCUT2D eigenvalue weighted by Gasteiger charge is 2.45. The number of Topliss-reactive ketones (excluding diaryl/α,β-unsaturated/α-hetero) is 1. The molecular formula is C57H77F6N5O15S2. The fraction of sp³-hybridized carbons (Fsp3) is 0.649. The number of rotatable bonds is 12. The average molecular weight is 1250 g/mol. The number of likely N-dealkylation sites (tertiary alicyclic amines) is 2. The second kappa shape index (κ2) is 32.2. The van der Waals surface area contributed by atoms with E-state index >= 15 is 0 Å². The molecule has 0 aliphatic carbocycles. The molecule has 4 amide bonds. The molecular weight excluding hydrogens is 1170 g/mol. The van der Waals surface area contributed by atoms with Crippen molar-refractivity contribution in [3.8, 4) is 0 Å². The molecule has 0 radical (unpaired) electrons. The molecule has 0 N–H and O–H groups in total. The lowest BCUT2D eigenvalue weighted by Gasteiger charge is -2.42. The molecule has 20 nitrogen and oxygen atoms in total. The quantitative estimate of drug-likeness (QED) is 0.0827. The Morgan fingerprint density at radius 2 is 1.08 bits per heavy atom. The van der Waals surface area contributed by atoms with Crippen LogP contribution in [0.5, 0.6) is 0 Å². The first-order valence-electron chi connectivity index (χ1n) is 27.2. The van der Waals surface area contributed by atoms with E-state index in [-0.39, 0.29) is 48.6 Å². The predicted molar refractivity (Wildman–Crippen MR) is 297 cm³/mol. The van der Waals surface area contributed by atoms with E-state index in [1.807, 2.05) is 27.7 Å². The van der Waals surface area contributed by atoms with Crippen LogP contribution in [0.25, 0.3) is 0 Å². The minimum Gasteiger partial charge on any atom is -0.444 e. The topological polar surface area (TPSA) is 262 Å². The van der Waals surface area contributed by atoms with Crippen molar-refractivity contribution in [2.75, 3.05) is 26.2 Å². The highest BCUT2D eigenvalue weighted by Crippen LogP contribution is 2.48. The molecule has 0 spiro atoms. The van der Waals surface area contributed by atoms with E-state index in [1.54, 1.807) is 76.2 Å². The van der Waals surface area contributed by atoms with Crippen molar-refractivity contribution >= 4 is 77.4 Å². The summed E-state index contributed by atoms with van der Waals surface area (Å²) in [6.45, 7) is 27.6. The third-order valence-corrected chi connectivity index (χ3v) is 17.0. The highest BCUT2D eigenvalue weighted by atomic mass is 32.2. The van der Waals surface area contributed by atoms with Crippen LogP contribution < -0.4 is 0 Å². The summed E-state index contributed by atoms with van der Waals surface area (Å²) in [7, 11) is 0. The summed E-state index contributed by atoms with van der Waals surface area (Å²) in [6.07, 6.45) is -6.19. The molecule has 5 rings (SSSR count). The number of ether oxygens (including phenoxy) is 2. The zero-order valence-corrected chi connectivity index (χ0v) is 52.2. The number of halogens is 6. The van der Waals surface area contributed by atoms with Crippen LogP contribution in [0.15, 0.2) is 34.1 Å². The first kappa shape index (κ1) is 76.4. The monoisotopic (exact) mass is 1250 g/mol. The molecule has 2 fully saturated rings. The third kappa shape index (κ3) is 22.3. The molecule has 0 saturated carbocycles. The van der Waals surface area contributed by atoms with Gasteiger partial charge < -0.3 is 29.1 Å². The number of nitro groups is 1. The lowest BCUT2D eigenvalue weighted by Crippen LogP contribution is -2.54. The van der Waals surface area contributed by atoms with Crippen molar-refractivity contribution in [1.82, 2.24) is 19.6 Å². The molecule has 2 aromatic carbocycles. The number of fused-ring (bicyclic) bond motifs is 1. The first-order valence-corrected chi connectivity index (χ1v) is 28.8. The summed E-state index contributed by atoms with van der Waals surface area (Å²) in [4.78, 5) is 132. The molecule has 28 heteroatoms. The summed E-state index contributed by atoms with van der Waals surface area (Å²) in [5.74, 6) is -1.77. The molecule has 85 heavy (non-hydrogen) atoms. The fourth-order valence-corrected chi connectivity index (χ4v) is 11.8. The van der Waals surface area contributed by atoms with Gasteiger partial charge in [-0.05, 0) is 145 Å². The molecule has 474 valence electrons. The molecule has 3 atom stereocenters. The number of piperidine rings is 2. The Morgan fingerprint density at radius 1 is 0.706 bits per heavy atom. The van der Waals surface area contributed by atoms with E-state index in [4.69, 9.17) is 38.2 Å². The van der Waals surface area contributed by atoms with Crippen molar-refractivity contribution in [1.29, 1.82) is 0 Å². The number of hydrogen-bond acceptors (Lipinski definition) is 17. The van der Waals surface area contributed by atoms with Crippen molar-refractivity contribution < 1.29 is 93.5 Å². The Bertz CT molecular complexity index is 2750. The molecule has 2 saturated heterocycles. The van der Waals surface area contributed by atoms with Gasteiger partial charge in [-0.15, -0.1) is 23.5 Å². The summed E-state index contributed by atoms with van der Waals surface area (Å²) in [5, 5.41) is 12.0. The number of benzene rings is 2. The maximum absolute atomic E-state index is 14.3. The van der Waals surface area contributed by atoms with E-state index < -0.39 is 114 Å². The molecule has 3 aliphatic rings. The SMILES string of the molecule is CCC(C)(CC)Sc1cc(C(F)(F)F)c(C(=O)N(C(C)C)[C@@H]2CCCN(C(=O)OC(C)(C)C)C2)cc1[N+](=O)[O-].CCC1(C)Sc2cc(C(F)(F)F)c(C(=O)N(C(C)C)[C@@H]3CCCN(C(=O)OC(C)(C)C)C3)cc2CC1=O.O=C=O.O=C=O.O=C=O. The Kier molecular flexibility index (Phi) is 29.0. The predicted octanol–water partition coefficient (Wildman–Crippen LogP) is 12.1. The highest BCUT2D eigenvalue weighted by molar-refractivity contribution is 8.01. The van der Waals surface area contributed by atoms with Crippen LogP contribution in [0.2, 0.25) is 0 Å². The molecule has 3 aliphatic heterocycles. The van der Waals surface area contributed by atoms with E-state index in [0.29, 0.717) is 68.5 Å². The summed E-state index contributed by atoms with van der Waals surface area (Å²) < 4.78 is 95.3. The fourth-order valence-electron chi connectivity index (χ4n) is 9.33. The van der Waals surface area contributed by atoms with Gasteiger partial charge in [-0.3, -0.25) is 24.5 Å². The maximum Gasteiger partial charge on any atom is 0.417 e. The van der Waals surface area contributed by atoms with Crippen LogP contribution in [-0.4, -0.2) is 144 Å². The van der Waals surface area contributed by atoms with Crippen molar-refractivity contribution in [2.24, 2.45) is 0 Å². The van der Waals surface area contributed by atoms with Crippen LogP contribution in [0.3, 0.4) is 0 Å². The number of nitrogens with zero attached hydrogens (tertiary/aromatic N) is 5. The third-order valence-electron chi connectivity index (χ3n) is 13.8. The van der Waals surface area contributed by atoms with Crippen LogP contribution in [0.1, 0.15) is 186 Å². The average Bonchev–Trinajstić information content (AvgIpc) is 2.08. The molecule has 0 aromatic heterocycles. The summed E-state index contributed by atoms with van der Waals surface area (Å²) >= 11 is 2.16. The van der Waals surface area contributed by atoms with Crippen LogP contribution in [-0.2, 0) is 61.8 Å². The van der Waals surface area contributed by atoms with Gasteiger partial charge in [0.1, 0.15) is 11.2 Å². The van der Waals surface area contributed by atoms with Gasteiger partial charge >= 0.3 is 43.0 Å². The number of thioether (sulfide) groups is 2. The molecule has 3 heterocycles. The van der Waals surface area contributed by atoms with E-state index in [2.05, 4.69) is 0 Å². The summed E-state index contributed by atoms with van der Waals surface area (Å²) in [5.41, 5.74) is -4.94. The van der Waals surface area contributed by atoms with Gasteiger partial charge in [0.2, 0.25) is 0 Å². The minimum atomic E-state index is -4.91. The molecule has 1 unspecified atom stereocenters. The van der Waals surface area contributed by atoms with Crippen molar-refractivity contribution in [3.05, 3.63) is 62.2 Å². The molecule has 0 bridgehead atoms. The molecule has 2 aromatic rings. The minimum absolute atomic E-state index is 0.0113. The summed E-state index contributed by atoms with van der Waals surface area (Å²) in [6, 6.07) is 1.80. The number of alkyl halides is 6. The Morgan fingerprint density at radius 3 is 1.41 bits per heavy atom. The van der Waals surface area contributed by atoms with Crippen LogP contribution >= 0.6 is 23.5 Å². The lowest BCUT2D eigenvalue weighted by molar-refractivity contribution is -0.387. The van der Waals surface area contributed by atoms with Crippen molar-refractivity contribution in [3.63, 3.8) is 0 Å². The lowest BCUT2D eigenvalue weighted by atomic mass is 9.92. The van der Waals surface area contributed by atoms with Gasteiger partial charge in [0.15, 0.2) is 5.78 Å². The zero-order valence-electron chi connectivity index (χ0n) is 50.5. The van der Waals surface area contributed by atoms with Crippen LogP contribution in [0.4, 0.5) is 41.6 Å². The van der Waals surface area contributed by atoms with Gasteiger partial charge in [-0.1, -0.05) is 27.7 Å². The number of amides is 4. The Labute approximate surface area is 499 Å². The van der Waals surface area contributed by atoms with Gasteiger partial charge in [0.25, 0.3) is 17.5 Å². The number of carbonyl (C=O) groups excluding carboxylic acids is 11. The maximum atomic E-state index is 14.3. The van der Waals surface area contributed by atoms with Crippen LogP contribution in [0, 0.1) is 10.1 Å². The van der Waals surface area contributed by atoms with Gasteiger partial charge in [-0.2, -0.15) is 55.1 Å². The normalized spacial score (nSPS) is 17.8. The van der Waals surface area contributed by atoms with Gasteiger partial charge in [0.05, 0.1) is 48.9 Å². The second-order valence-corrected chi connectivity index (χ2v) is 26.2. The van der Waals surface area contributed by atoms with E-state index in [9.17, 15) is 60.4 Å². The smallest absolute Gasteiger partial charge is 0.417 e. The van der Waals surface area contributed by atoms with E-state index in [1.165, 1.54) is 25.7 Å². The van der Waals surface area contributed by atoms with Gasteiger partial charge in [0, 0.05) is 60.4 Å². The first-order chi connectivity index (χ1) is 39.0. The largest absolute Gasteiger partial charge is 0.444 e. The second-order valence-electron chi connectivity index (χ2n) is 23.0.